The van der Waals surface area contributed by atoms with Crippen LogP contribution in [0.1, 0.15) is 18.4 Å². The molecule has 1 aliphatic heterocycles. The molecule has 8 heteroatoms. The van der Waals surface area contributed by atoms with Crippen LogP contribution in [0.3, 0.4) is 0 Å². The van der Waals surface area contributed by atoms with Gasteiger partial charge < -0.3 is 10.3 Å². The molecule has 0 N–H and O–H groups in total. The van der Waals surface area contributed by atoms with E-state index < -0.39 is 23.5 Å². The molecule has 1 fully saturated rings. The number of Topliss-reactive ketones (excluding diaryl/α,β-unsaturated/α-hetero) is 1. The van der Waals surface area contributed by atoms with Gasteiger partial charge in [0.1, 0.15) is 6.61 Å². The van der Waals surface area contributed by atoms with Crippen molar-refractivity contribution in [3.05, 3.63) is 41.4 Å². The zero-order valence-electron chi connectivity index (χ0n) is 12.5. The van der Waals surface area contributed by atoms with Gasteiger partial charge in [-0.25, -0.2) is 9.86 Å². The first-order valence-electron chi connectivity index (χ1n) is 6.89. The lowest BCUT2D eigenvalue weighted by Gasteiger charge is -2.38. The Kier molecular flexibility index (Phi) is 5.35. The molecule has 1 heterocycles. The monoisotopic (exact) mass is 317 g/mol. The fraction of sp³-hybridized carbons (Fsp3) is 0.333. The molecule has 2 rings (SSSR count). The predicted molar refractivity (Wildman–Crippen MR) is 76.7 cm³/mol. The van der Waals surface area contributed by atoms with Crippen LogP contribution in [-0.4, -0.2) is 46.4 Å². The van der Waals surface area contributed by atoms with Crippen LogP contribution in [0.25, 0.3) is 5.53 Å². The first-order chi connectivity index (χ1) is 11.1. The van der Waals surface area contributed by atoms with E-state index in [0.29, 0.717) is 0 Å². The van der Waals surface area contributed by atoms with E-state index in [2.05, 4.69) is 9.53 Å². The molecule has 1 aromatic carbocycles. The van der Waals surface area contributed by atoms with Crippen molar-refractivity contribution in [2.75, 3.05) is 7.11 Å². The maximum absolute atomic E-state index is 11.9. The summed E-state index contributed by atoms with van der Waals surface area (Å²) >= 11 is 0. The van der Waals surface area contributed by atoms with Gasteiger partial charge in [-0.3, -0.25) is 14.4 Å². The van der Waals surface area contributed by atoms with Gasteiger partial charge in [-0.15, -0.1) is 0 Å². The zero-order chi connectivity index (χ0) is 16.8. The highest BCUT2D eigenvalue weighted by Crippen LogP contribution is 2.24. The molecule has 0 radical (unpaired) electrons. The van der Waals surface area contributed by atoms with Gasteiger partial charge in [0.05, 0.1) is 19.6 Å². The Balaban J connectivity index is 1.93. The van der Waals surface area contributed by atoms with Crippen LogP contribution in [0.4, 0.5) is 0 Å². The van der Waals surface area contributed by atoms with E-state index in [0.717, 1.165) is 17.7 Å². The lowest BCUT2D eigenvalue weighted by Crippen LogP contribution is -2.53. The second-order valence-electron chi connectivity index (χ2n) is 4.90. The van der Waals surface area contributed by atoms with Crippen molar-refractivity contribution in [3.63, 3.8) is 0 Å². The third-order valence-corrected chi connectivity index (χ3v) is 3.36. The van der Waals surface area contributed by atoms with E-state index in [1.807, 2.05) is 30.3 Å². The molecule has 1 atom stereocenters. The van der Waals surface area contributed by atoms with Gasteiger partial charge in [0, 0.05) is 6.42 Å². The van der Waals surface area contributed by atoms with Crippen molar-refractivity contribution >= 4 is 23.4 Å². The highest BCUT2D eigenvalue weighted by Gasteiger charge is 2.42. The number of carbonyl (C=O) groups is 3. The first kappa shape index (κ1) is 16.5. The number of ketones is 1. The second-order valence-corrected chi connectivity index (χ2v) is 4.90. The van der Waals surface area contributed by atoms with Gasteiger partial charge in [0.2, 0.25) is 5.91 Å². The molecular formula is C15H15N3O5. The van der Waals surface area contributed by atoms with E-state index >= 15 is 0 Å². The number of nitrogens with zero attached hydrogens (tertiary/aromatic N) is 3. The number of amides is 1. The number of rotatable bonds is 7. The Hall–Kier alpha value is -2.83. The summed E-state index contributed by atoms with van der Waals surface area (Å²) in [7, 11) is 1.07. The summed E-state index contributed by atoms with van der Waals surface area (Å²) in [6.45, 7) is 0.190. The largest absolute Gasteiger partial charge is 0.460 e. The number of β-lactam (4-membered cyclic amide) rings is 1. The number of esters is 1. The summed E-state index contributed by atoms with van der Waals surface area (Å²) in [5, 5.41) is 1.11. The van der Waals surface area contributed by atoms with Gasteiger partial charge in [-0.1, -0.05) is 30.3 Å². The standard InChI is InChI=1S/C15H15N3O5/c1-22-15(21)14(17-16)12(19)7-11-8-13(20)18(11)23-9-10-5-3-2-4-6-10/h2-6,11H,7-9H2,1H3. The van der Waals surface area contributed by atoms with Crippen molar-refractivity contribution in [3.8, 4) is 0 Å². The molecule has 1 aliphatic rings. The Morgan fingerprint density at radius 3 is 2.61 bits per heavy atom. The van der Waals surface area contributed by atoms with Crippen LogP contribution in [0.2, 0.25) is 0 Å². The summed E-state index contributed by atoms with van der Waals surface area (Å²) in [5.74, 6) is -2.00. The minimum absolute atomic E-state index is 0.125. The van der Waals surface area contributed by atoms with Crippen LogP contribution in [-0.2, 0) is 30.6 Å². The van der Waals surface area contributed by atoms with Gasteiger partial charge in [0.15, 0.2) is 0 Å². The first-order valence-corrected chi connectivity index (χ1v) is 6.89. The van der Waals surface area contributed by atoms with Crippen LogP contribution in [0, 0.1) is 0 Å². The van der Waals surface area contributed by atoms with Crippen LogP contribution >= 0.6 is 0 Å². The average molecular weight is 317 g/mol. The number of methoxy groups -OCH3 is 1. The van der Waals surface area contributed by atoms with Crippen LogP contribution < -0.4 is 0 Å². The lowest BCUT2D eigenvalue weighted by molar-refractivity contribution is -0.233. The molecule has 1 saturated heterocycles. The van der Waals surface area contributed by atoms with E-state index in [-0.39, 0.29) is 25.4 Å². The maximum atomic E-state index is 11.9. The van der Waals surface area contributed by atoms with Crippen LogP contribution in [0.15, 0.2) is 30.3 Å². The molecule has 0 bridgehead atoms. The zero-order valence-corrected chi connectivity index (χ0v) is 12.5. The molecule has 0 saturated carbocycles. The fourth-order valence-corrected chi connectivity index (χ4v) is 2.13. The summed E-state index contributed by atoms with van der Waals surface area (Å²) in [4.78, 5) is 42.9. The highest BCUT2D eigenvalue weighted by atomic mass is 16.7. The quantitative estimate of drug-likeness (QED) is 0.182. The molecule has 1 amide bonds. The highest BCUT2D eigenvalue weighted by molar-refractivity contribution is 6.62. The predicted octanol–water partition coefficient (Wildman–Crippen LogP) is 0.522. The number of hydrogen-bond donors (Lipinski definition) is 0. The summed E-state index contributed by atoms with van der Waals surface area (Å²) in [5.41, 5.74) is 8.91. The van der Waals surface area contributed by atoms with Crippen LogP contribution in [0.5, 0.6) is 0 Å². The van der Waals surface area contributed by atoms with E-state index in [1.165, 1.54) is 0 Å². The third kappa shape index (κ3) is 3.88. The maximum Gasteiger partial charge on any atom is 0.441 e. The number of hydroxylamine groups is 2. The second kappa shape index (κ2) is 7.44. The minimum atomic E-state index is -1.03. The van der Waals surface area contributed by atoms with Gasteiger partial charge in [-0.2, -0.15) is 4.79 Å². The normalized spacial score (nSPS) is 16.3. The molecule has 0 spiro atoms. The number of ether oxygens (including phenoxy) is 1. The van der Waals surface area contributed by atoms with E-state index in [9.17, 15) is 14.4 Å². The topological polar surface area (TPSA) is 109 Å². The average Bonchev–Trinajstić information content (AvgIpc) is 2.55. The Morgan fingerprint density at radius 1 is 1.35 bits per heavy atom. The summed E-state index contributed by atoms with van der Waals surface area (Å²) in [6, 6.07) is 8.74. The summed E-state index contributed by atoms with van der Waals surface area (Å²) < 4.78 is 4.35. The molecule has 1 aromatic rings. The van der Waals surface area contributed by atoms with Crippen molar-refractivity contribution in [2.45, 2.75) is 25.5 Å². The number of hydrogen-bond acceptors (Lipinski definition) is 5. The summed E-state index contributed by atoms with van der Waals surface area (Å²) in [6.07, 6.45) is -0.0601. The molecule has 120 valence electrons. The molecule has 0 aromatic heterocycles. The lowest BCUT2D eigenvalue weighted by atomic mass is 9.97. The Morgan fingerprint density at radius 2 is 2.04 bits per heavy atom. The minimum Gasteiger partial charge on any atom is -0.460 e. The Labute approximate surface area is 132 Å². The Bertz CT molecular complexity index is 667. The van der Waals surface area contributed by atoms with E-state index in [1.54, 1.807) is 0 Å². The van der Waals surface area contributed by atoms with Gasteiger partial charge in [0.25, 0.3) is 5.78 Å². The molecule has 23 heavy (non-hydrogen) atoms. The van der Waals surface area contributed by atoms with Gasteiger partial charge >= 0.3 is 11.7 Å². The van der Waals surface area contributed by atoms with Crippen molar-refractivity contribution in [1.82, 2.24) is 5.06 Å². The smallest absolute Gasteiger partial charge is 0.441 e. The molecule has 0 aliphatic carbocycles. The van der Waals surface area contributed by atoms with E-state index in [4.69, 9.17) is 10.4 Å². The number of carbonyl (C=O) groups excluding carboxylic acids is 3. The third-order valence-electron chi connectivity index (χ3n) is 3.36. The van der Waals surface area contributed by atoms with Crippen molar-refractivity contribution < 1.29 is 28.7 Å². The van der Waals surface area contributed by atoms with Crippen molar-refractivity contribution in [2.24, 2.45) is 0 Å². The molecule has 8 nitrogen and oxygen atoms in total. The molecular weight excluding hydrogens is 302 g/mol. The fourth-order valence-electron chi connectivity index (χ4n) is 2.13. The molecule has 1 unspecified atom stereocenters. The number of benzene rings is 1. The van der Waals surface area contributed by atoms with Gasteiger partial charge in [-0.05, 0) is 5.56 Å². The SMILES string of the molecule is COC(=O)C(=[N+]=[N-])C(=O)CC1CC(=O)N1OCc1ccccc1. The van der Waals surface area contributed by atoms with Crippen molar-refractivity contribution in [1.29, 1.82) is 0 Å².